The molecule has 2 aromatic rings. The van der Waals surface area contributed by atoms with Crippen LogP contribution in [0.25, 0.3) is 0 Å². The van der Waals surface area contributed by atoms with Crippen molar-refractivity contribution in [3.8, 4) is 0 Å². The molecule has 3 rings (SSSR count). The van der Waals surface area contributed by atoms with E-state index in [9.17, 15) is 9.18 Å². The van der Waals surface area contributed by atoms with E-state index in [0.29, 0.717) is 18.6 Å². The molecule has 2 atom stereocenters. The summed E-state index contributed by atoms with van der Waals surface area (Å²) in [5, 5.41) is 13.5. The van der Waals surface area contributed by atoms with Crippen LogP contribution in [0.2, 0.25) is 5.02 Å². The first-order chi connectivity index (χ1) is 10.6. The topological polar surface area (TPSA) is 81.9 Å². The lowest BCUT2D eigenvalue weighted by Crippen LogP contribution is -2.38. The molecule has 1 amide bonds. The molecule has 0 spiro atoms. The summed E-state index contributed by atoms with van der Waals surface area (Å²) in [4.78, 5) is 12.0. The monoisotopic (exact) mass is 325 g/mol. The lowest BCUT2D eigenvalue weighted by Gasteiger charge is -2.20. The Bertz CT molecular complexity index is 666. The number of tetrazole rings is 1. The van der Waals surface area contributed by atoms with E-state index < -0.39 is 11.9 Å². The zero-order chi connectivity index (χ0) is 15.5. The van der Waals surface area contributed by atoms with E-state index in [2.05, 4.69) is 20.8 Å². The molecule has 1 aliphatic heterocycles. The molecular weight excluding hydrogens is 313 g/mol. The van der Waals surface area contributed by atoms with Crippen LogP contribution in [0.15, 0.2) is 24.5 Å². The molecule has 0 saturated carbocycles. The molecule has 1 aromatic carbocycles. The van der Waals surface area contributed by atoms with Crippen LogP contribution in [0.3, 0.4) is 0 Å². The van der Waals surface area contributed by atoms with Crippen molar-refractivity contribution in [2.75, 3.05) is 6.61 Å². The maximum atomic E-state index is 13.6. The molecule has 0 aliphatic carbocycles. The van der Waals surface area contributed by atoms with Crippen LogP contribution in [0.4, 0.5) is 4.39 Å². The molecule has 0 unspecified atom stereocenters. The molecule has 7 nitrogen and oxygen atoms in total. The van der Waals surface area contributed by atoms with Crippen molar-refractivity contribution in [3.05, 3.63) is 40.9 Å². The highest BCUT2D eigenvalue weighted by atomic mass is 35.5. The van der Waals surface area contributed by atoms with Gasteiger partial charge in [-0.1, -0.05) is 17.7 Å². The summed E-state index contributed by atoms with van der Waals surface area (Å²) in [6.07, 6.45) is 1.61. The fraction of sp³-hybridized carbons (Fsp3) is 0.385. The second kappa shape index (κ2) is 6.37. The Morgan fingerprint density at radius 3 is 3.14 bits per heavy atom. The van der Waals surface area contributed by atoms with E-state index >= 15 is 0 Å². The minimum absolute atomic E-state index is 0.0190. The smallest absolute Gasteiger partial charge is 0.242 e. The fourth-order valence-electron chi connectivity index (χ4n) is 2.41. The summed E-state index contributed by atoms with van der Waals surface area (Å²) < 4.78 is 20.5. The van der Waals surface area contributed by atoms with Crippen LogP contribution < -0.4 is 5.32 Å². The first-order valence-electron chi connectivity index (χ1n) is 6.70. The number of carbonyl (C=O) groups is 1. The molecular formula is C13H13ClFN5O2. The SMILES string of the molecule is O=C(Cn1cnnn1)N[C@@H]1CCO[C@@H]1c1ccc(Cl)c(F)c1. The Morgan fingerprint density at radius 2 is 2.41 bits per heavy atom. The number of benzene rings is 1. The summed E-state index contributed by atoms with van der Waals surface area (Å²) in [6.45, 7) is 0.510. The van der Waals surface area contributed by atoms with Gasteiger partial charge < -0.3 is 10.1 Å². The maximum absolute atomic E-state index is 13.6. The van der Waals surface area contributed by atoms with Crippen LogP contribution in [-0.4, -0.2) is 38.8 Å². The quantitative estimate of drug-likeness (QED) is 0.910. The lowest BCUT2D eigenvalue weighted by atomic mass is 10.0. The van der Waals surface area contributed by atoms with Gasteiger partial charge in [0, 0.05) is 6.61 Å². The average molecular weight is 326 g/mol. The van der Waals surface area contributed by atoms with Crippen molar-refractivity contribution in [2.45, 2.75) is 25.1 Å². The second-order valence-corrected chi connectivity index (χ2v) is 5.34. The van der Waals surface area contributed by atoms with E-state index in [0.717, 1.165) is 0 Å². The third-order valence-electron chi connectivity index (χ3n) is 3.41. The summed E-state index contributed by atoms with van der Waals surface area (Å²) in [5.74, 6) is -0.740. The number of nitrogens with zero attached hydrogens (tertiary/aromatic N) is 4. The normalized spacial score (nSPS) is 21.0. The molecule has 2 heterocycles. The highest BCUT2D eigenvalue weighted by Crippen LogP contribution is 2.31. The molecule has 116 valence electrons. The summed E-state index contributed by atoms with van der Waals surface area (Å²) >= 11 is 5.68. The van der Waals surface area contributed by atoms with Gasteiger partial charge in [0.05, 0.1) is 11.1 Å². The summed E-state index contributed by atoms with van der Waals surface area (Å²) in [5.41, 5.74) is 0.645. The first-order valence-corrected chi connectivity index (χ1v) is 7.08. The molecule has 22 heavy (non-hydrogen) atoms. The standard InChI is InChI=1S/C13H13ClFN5O2/c14-9-2-1-8(5-10(9)15)13-11(3-4-22-13)17-12(21)6-20-7-16-18-19-20/h1-2,5,7,11,13H,3-4,6H2,(H,17,21)/t11-,13-/m1/s1. The van der Waals surface area contributed by atoms with Gasteiger partial charge in [-0.05, 0) is 34.5 Å². The van der Waals surface area contributed by atoms with Gasteiger partial charge in [-0.25, -0.2) is 9.07 Å². The van der Waals surface area contributed by atoms with Gasteiger partial charge in [0.1, 0.15) is 24.8 Å². The van der Waals surface area contributed by atoms with Crippen molar-refractivity contribution in [3.63, 3.8) is 0 Å². The number of carbonyl (C=O) groups excluding carboxylic acids is 1. The number of aromatic nitrogens is 4. The number of hydrogen-bond donors (Lipinski definition) is 1. The predicted molar refractivity (Wildman–Crippen MR) is 74.5 cm³/mol. The van der Waals surface area contributed by atoms with Crippen molar-refractivity contribution >= 4 is 17.5 Å². The molecule has 1 aliphatic rings. The number of ether oxygens (including phenoxy) is 1. The zero-order valence-corrected chi connectivity index (χ0v) is 12.2. The number of rotatable bonds is 4. The number of nitrogens with one attached hydrogen (secondary N) is 1. The van der Waals surface area contributed by atoms with E-state index in [4.69, 9.17) is 16.3 Å². The van der Waals surface area contributed by atoms with E-state index in [-0.39, 0.29) is 23.5 Å². The Morgan fingerprint density at radius 1 is 1.55 bits per heavy atom. The van der Waals surface area contributed by atoms with Gasteiger partial charge in [0.2, 0.25) is 5.91 Å². The largest absolute Gasteiger partial charge is 0.371 e. The molecule has 0 bridgehead atoms. The van der Waals surface area contributed by atoms with Gasteiger partial charge in [-0.2, -0.15) is 0 Å². The molecule has 1 N–H and O–H groups in total. The van der Waals surface area contributed by atoms with Crippen LogP contribution >= 0.6 is 11.6 Å². The van der Waals surface area contributed by atoms with Gasteiger partial charge >= 0.3 is 0 Å². The Labute approximate surface area is 130 Å². The second-order valence-electron chi connectivity index (χ2n) is 4.94. The lowest BCUT2D eigenvalue weighted by molar-refractivity contribution is -0.123. The van der Waals surface area contributed by atoms with Gasteiger partial charge in [-0.15, -0.1) is 5.10 Å². The maximum Gasteiger partial charge on any atom is 0.242 e. The van der Waals surface area contributed by atoms with Crippen molar-refractivity contribution < 1.29 is 13.9 Å². The van der Waals surface area contributed by atoms with Crippen molar-refractivity contribution in [1.29, 1.82) is 0 Å². The van der Waals surface area contributed by atoms with Crippen molar-refractivity contribution in [1.82, 2.24) is 25.5 Å². The highest BCUT2D eigenvalue weighted by Gasteiger charge is 2.31. The van der Waals surface area contributed by atoms with E-state index in [1.165, 1.54) is 23.1 Å². The minimum atomic E-state index is -0.506. The predicted octanol–water partition coefficient (Wildman–Crippen LogP) is 1.11. The third-order valence-corrected chi connectivity index (χ3v) is 3.71. The zero-order valence-electron chi connectivity index (χ0n) is 11.4. The average Bonchev–Trinajstić information content (AvgIpc) is 3.13. The van der Waals surface area contributed by atoms with Gasteiger partial charge in [0.15, 0.2) is 0 Å². The molecule has 1 saturated heterocycles. The van der Waals surface area contributed by atoms with Crippen LogP contribution in [0.1, 0.15) is 18.1 Å². The van der Waals surface area contributed by atoms with Crippen LogP contribution in [0, 0.1) is 5.82 Å². The van der Waals surface area contributed by atoms with E-state index in [1.807, 2.05) is 0 Å². The molecule has 9 heteroatoms. The van der Waals surface area contributed by atoms with Gasteiger partial charge in [-0.3, -0.25) is 4.79 Å². The number of amides is 1. The minimum Gasteiger partial charge on any atom is -0.371 e. The molecule has 1 fully saturated rings. The number of hydrogen-bond acceptors (Lipinski definition) is 5. The molecule has 1 aromatic heterocycles. The Kier molecular flexibility index (Phi) is 4.30. The Balaban J connectivity index is 1.67. The molecule has 0 radical (unpaired) electrons. The fourth-order valence-corrected chi connectivity index (χ4v) is 2.53. The van der Waals surface area contributed by atoms with Gasteiger partial charge in [0.25, 0.3) is 0 Å². The van der Waals surface area contributed by atoms with E-state index in [1.54, 1.807) is 6.07 Å². The summed E-state index contributed by atoms with van der Waals surface area (Å²) in [6, 6.07) is 4.28. The Hall–Kier alpha value is -2.06. The first kappa shape index (κ1) is 14.9. The third kappa shape index (κ3) is 3.23. The van der Waals surface area contributed by atoms with Crippen molar-refractivity contribution in [2.24, 2.45) is 0 Å². The number of halogens is 2. The van der Waals surface area contributed by atoms with Crippen LogP contribution in [-0.2, 0) is 16.1 Å². The van der Waals surface area contributed by atoms with Crippen LogP contribution in [0.5, 0.6) is 0 Å². The summed E-state index contributed by atoms with van der Waals surface area (Å²) in [7, 11) is 0. The highest BCUT2D eigenvalue weighted by molar-refractivity contribution is 6.30.